The Morgan fingerprint density at radius 2 is 2.00 bits per heavy atom. The van der Waals surface area contributed by atoms with Crippen LogP contribution in [0.4, 0.5) is 0 Å². The minimum atomic E-state index is 0.173. The number of hydrogen-bond acceptors (Lipinski definition) is 1. The topological polar surface area (TPSA) is 12.4 Å². The first kappa shape index (κ1) is 8.49. The van der Waals surface area contributed by atoms with E-state index in [1.165, 1.54) is 11.3 Å². The summed E-state index contributed by atoms with van der Waals surface area (Å²) in [6, 6.07) is 0.291. The molecule has 68 valence electrons. The van der Waals surface area contributed by atoms with Crippen molar-refractivity contribution in [2.75, 3.05) is 0 Å². The van der Waals surface area contributed by atoms with Gasteiger partial charge in [0.25, 0.3) is 0 Å². The van der Waals surface area contributed by atoms with E-state index >= 15 is 0 Å². The third kappa shape index (κ3) is 1.51. The SMILES string of the molecule is CC(C)(C)C1=NC2C=CC=CC2=C1. The van der Waals surface area contributed by atoms with Gasteiger partial charge in [-0.15, -0.1) is 0 Å². The molecule has 1 heteroatoms. The van der Waals surface area contributed by atoms with Gasteiger partial charge in [0.1, 0.15) is 0 Å². The average Bonchev–Trinajstić information content (AvgIpc) is 2.45. The molecule has 0 amide bonds. The number of allylic oxidation sites excluding steroid dienone is 3. The molecular weight excluding hydrogens is 158 g/mol. The lowest BCUT2D eigenvalue weighted by atomic mass is 9.89. The Morgan fingerprint density at radius 3 is 2.62 bits per heavy atom. The van der Waals surface area contributed by atoms with Crippen LogP contribution < -0.4 is 0 Å². The Kier molecular flexibility index (Phi) is 1.76. The molecule has 2 rings (SSSR count). The van der Waals surface area contributed by atoms with Crippen molar-refractivity contribution in [1.29, 1.82) is 0 Å². The van der Waals surface area contributed by atoms with Gasteiger partial charge in [-0.3, -0.25) is 4.99 Å². The van der Waals surface area contributed by atoms with Crippen LogP contribution in [0.15, 0.2) is 40.9 Å². The molecule has 0 spiro atoms. The van der Waals surface area contributed by atoms with Crippen LogP contribution >= 0.6 is 0 Å². The van der Waals surface area contributed by atoms with Crippen LogP contribution in [0.1, 0.15) is 20.8 Å². The molecule has 1 aliphatic heterocycles. The smallest absolute Gasteiger partial charge is 0.0937 e. The summed E-state index contributed by atoms with van der Waals surface area (Å²) in [7, 11) is 0. The van der Waals surface area contributed by atoms with E-state index in [-0.39, 0.29) is 5.41 Å². The molecule has 0 fully saturated rings. The van der Waals surface area contributed by atoms with Gasteiger partial charge >= 0.3 is 0 Å². The van der Waals surface area contributed by atoms with Gasteiger partial charge < -0.3 is 0 Å². The molecule has 0 aromatic carbocycles. The van der Waals surface area contributed by atoms with Gasteiger partial charge in [-0.2, -0.15) is 0 Å². The number of nitrogens with zero attached hydrogens (tertiary/aromatic N) is 1. The fourth-order valence-corrected chi connectivity index (χ4v) is 1.55. The zero-order valence-corrected chi connectivity index (χ0v) is 8.41. The highest BCUT2D eigenvalue weighted by Gasteiger charge is 2.25. The first-order valence-electron chi connectivity index (χ1n) is 4.72. The Bertz CT molecular complexity index is 335. The molecule has 0 aromatic rings. The Morgan fingerprint density at radius 1 is 1.23 bits per heavy atom. The molecule has 1 unspecified atom stereocenters. The van der Waals surface area contributed by atoms with Crippen molar-refractivity contribution in [1.82, 2.24) is 0 Å². The second-order valence-electron chi connectivity index (χ2n) is 4.60. The second-order valence-corrected chi connectivity index (χ2v) is 4.60. The summed E-state index contributed by atoms with van der Waals surface area (Å²) in [5.41, 5.74) is 2.71. The van der Waals surface area contributed by atoms with Gasteiger partial charge in [0.2, 0.25) is 0 Å². The summed E-state index contributed by atoms with van der Waals surface area (Å²) >= 11 is 0. The summed E-state index contributed by atoms with van der Waals surface area (Å²) in [6.07, 6.45) is 10.6. The molecule has 13 heavy (non-hydrogen) atoms. The normalized spacial score (nSPS) is 25.6. The minimum absolute atomic E-state index is 0.173. The quantitative estimate of drug-likeness (QED) is 0.534. The van der Waals surface area contributed by atoms with Crippen LogP contribution in [0.25, 0.3) is 0 Å². The molecule has 0 aromatic heterocycles. The van der Waals surface area contributed by atoms with E-state index in [0.29, 0.717) is 6.04 Å². The van der Waals surface area contributed by atoms with Crippen LogP contribution in [0, 0.1) is 5.41 Å². The van der Waals surface area contributed by atoms with Crippen molar-refractivity contribution in [3.63, 3.8) is 0 Å². The van der Waals surface area contributed by atoms with E-state index in [1.54, 1.807) is 0 Å². The minimum Gasteiger partial charge on any atom is -0.277 e. The lowest BCUT2D eigenvalue weighted by Gasteiger charge is -2.16. The Balaban J connectivity index is 2.33. The molecule has 1 nitrogen and oxygen atoms in total. The summed E-state index contributed by atoms with van der Waals surface area (Å²) in [4.78, 5) is 4.67. The zero-order valence-electron chi connectivity index (χ0n) is 8.41. The first-order valence-corrected chi connectivity index (χ1v) is 4.72. The van der Waals surface area contributed by atoms with Crippen molar-refractivity contribution in [2.24, 2.45) is 10.4 Å². The first-order chi connectivity index (χ1) is 6.07. The van der Waals surface area contributed by atoms with E-state index in [9.17, 15) is 0 Å². The van der Waals surface area contributed by atoms with Gasteiger partial charge in [0, 0.05) is 11.1 Å². The zero-order chi connectivity index (χ0) is 9.47. The molecular formula is C12H15N. The van der Waals surface area contributed by atoms with Crippen LogP contribution in [-0.2, 0) is 0 Å². The maximum absolute atomic E-state index is 4.67. The van der Waals surface area contributed by atoms with E-state index < -0.39 is 0 Å². The molecule has 0 radical (unpaired) electrons. The third-order valence-corrected chi connectivity index (χ3v) is 2.38. The molecule has 1 aliphatic carbocycles. The monoisotopic (exact) mass is 173 g/mol. The van der Waals surface area contributed by atoms with E-state index in [2.05, 4.69) is 56.1 Å². The van der Waals surface area contributed by atoms with Gasteiger partial charge in [-0.05, 0) is 11.6 Å². The predicted molar refractivity (Wildman–Crippen MR) is 57.0 cm³/mol. The fraction of sp³-hybridized carbons (Fsp3) is 0.417. The average molecular weight is 173 g/mol. The highest BCUT2D eigenvalue weighted by molar-refractivity contribution is 6.02. The largest absolute Gasteiger partial charge is 0.277 e. The Labute approximate surface area is 79.6 Å². The molecule has 2 aliphatic rings. The van der Waals surface area contributed by atoms with Gasteiger partial charge in [-0.25, -0.2) is 0 Å². The molecule has 0 bridgehead atoms. The van der Waals surface area contributed by atoms with Crippen molar-refractivity contribution in [2.45, 2.75) is 26.8 Å². The van der Waals surface area contributed by atoms with Crippen molar-refractivity contribution < 1.29 is 0 Å². The van der Waals surface area contributed by atoms with Crippen molar-refractivity contribution in [3.8, 4) is 0 Å². The van der Waals surface area contributed by atoms with Crippen LogP contribution in [0.3, 0.4) is 0 Å². The number of rotatable bonds is 0. The van der Waals surface area contributed by atoms with E-state index in [0.717, 1.165) is 0 Å². The highest BCUT2D eigenvalue weighted by Crippen LogP contribution is 2.28. The van der Waals surface area contributed by atoms with Crippen LogP contribution in [-0.4, -0.2) is 11.8 Å². The second kappa shape index (κ2) is 2.69. The molecule has 1 heterocycles. The summed E-state index contributed by atoms with van der Waals surface area (Å²) in [5.74, 6) is 0. The maximum Gasteiger partial charge on any atom is 0.0937 e. The molecule has 0 saturated carbocycles. The summed E-state index contributed by atoms with van der Waals surface area (Å²) < 4.78 is 0. The number of hydrogen-bond donors (Lipinski definition) is 0. The lowest BCUT2D eigenvalue weighted by molar-refractivity contribution is 0.593. The summed E-state index contributed by atoms with van der Waals surface area (Å²) in [6.45, 7) is 6.61. The fourth-order valence-electron chi connectivity index (χ4n) is 1.55. The van der Waals surface area contributed by atoms with Crippen molar-refractivity contribution >= 4 is 5.71 Å². The van der Waals surface area contributed by atoms with Crippen LogP contribution in [0.2, 0.25) is 0 Å². The molecule has 1 atom stereocenters. The van der Waals surface area contributed by atoms with E-state index in [1.807, 2.05) is 0 Å². The maximum atomic E-state index is 4.67. The number of fused-ring (bicyclic) bond motifs is 1. The Hall–Kier alpha value is -1.11. The van der Waals surface area contributed by atoms with Gasteiger partial charge in [0.05, 0.1) is 6.04 Å². The van der Waals surface area contributed by atoms with Gasteiger partial charge in [-0.1, -0.05) is 45.1 Å². The van der Waals surface area contributed by atoms with Crippen molar-refractivity contribution in [3.05, 3.63) is 36.0 Å². The molecule has 0 saturated heterocycles. The molecule has 0 N–H and O–H groups in total. The highest BCUT2D eigenvalue weighted by atomic mass is 14.8. The third-order valence-electron chi connectivity index (χ3n) is 2.38. The van der Waals surface area contributed by atoms with Crippen LogP contribution in [0.5, 0.6) is 0 Å². The standard InChI is InChI=1S/C12H15N/c1-12(2,3)11-8-9-6-4-5-7-10(9)13-11/h4-8,10H,1-3H3. The van der Waals surface area contributed by atoms with Gasteiger partial charge in [0.15, 0.2) is 0 Å². The predicted octanol–water partition coefficient (Wildman–Crippen LogP) is 2.91. The van der Waals surface area contributed by atoms with E-state index in [4.69, 9.17) is 0 Å². The lowest BCUT2D eigenvalue weighted by Crippen LogP contribution is -2.16. The summed E-state index contributed by atoms with van der Waals surface area (Å²) in [5, 5.41) is 0. The number of aliphatic imine (C=N–C) groups is 1.